The van der Waals surface area contributed by atoms with Crippen molar-refractivity contribution < 1.29 is 19.0 Å². The lowest BCUT2D eigenvalue weighted by atomic mass is 10.0. The number of aliphatic hydroxyl groups is 1. The zero-order valence-corrected chi connectivity index (χ0v) is 21.9. The maximum atomic E-state index is 15.4. The highest BCUT2D eigenvalue weighted by molar-refractivity contribution is 5.99. The van der Waals surface area contributed by atoms with Crippen LogP contribution >= 0.6 is 0 Å². The molecule has 2 N–H and O–H groups in total. The van der Waals surface area contributed by atoms with Gasteiger partial charge in [0.25, 0.3) is 0 Å². The van der Waals surface area contributed by atoms with Crippen molar-refractivity contribution >= 4 is 33.3 Å². The molecule has 0 unspecified atom stereocenters. The first-order chi connectivity index (χ1) is 18.8. The fourth-order valence-electron chi connectivity index (χ4n) is 4.55. The summed E-state index contributed by atoms with van der Waals surface area (Å²) < 4.78 is 29.0. The Hall–Kier alpha value is -4.15. The van der Waals surface area contributed by atoms with Gasteiger partial charge in [-0.15, -0.1) is 0 Å². The monoisotopic (exact) mass is 528 g/mol. The average Bonchev–Trinajstić information content (AvgIpc) is 3.41. The van der Waals surface area contributed by atoms with Crippen molar-refractivity contribution in [2.45, 2.75) is 32.4 Å². The number of rotatable bonds is 8. The van der Waals surface area contributed by atoms with Gasteiger partial charge in [0.15, 0.2) is 5.82 Å². The molecule has 1 atom stereocenters. The molecule has 0 saturated carbocycles. The number of nitrogens with zero attached hydrogens (tertiary/aromatic N) is 5. The smallest absolute Gasteiger partial charge is 0.156 e. The molecule has 0 aliphatic carbocycles. The van der Waals surface area contributed by atoms with E-state index in [-0.39, 0.29) is 24.3 Å². The molecule has 0 radical (unpaired) electrons. The van der Waals surface area contributed by atoms with E-state index in [0.717, 1.165) is 11.1 Å². The van der Waals surface area contributed by atoms with E-state index in [9.17, 15) is 5.11 Å². The first-order valence-corrected chi connectivity index (χ1v) is 12.8. The molecule has 5 aromatic rings. The molecule has 2 aromatic carbocycles. The van der Waals surface area contributed by atoms with Gasteiger partial charge < -0.3 is 19.9 Å². The Kier molecular flexibility index (Phi) is 6.36. The average molecular weight is 529 g/mol. The first-order valence-electron chi connectivity index (χ1n) is 12.8. The Labute approximate surface area is 224 Å². The lowest BCUT2D eigenvalue weighted by Crippen LogP contribution is -2.39. The highest BCUT2D eigenvalue weighted by atomic mass is 19.1. The number of halogens is 1. The fourth-order valence-corrected chi connectivity index (χ4v) is 4.55. The Morgan fingerprint density at radius 3 is 2.77 bits per heavy atom. The lowest BCUT2D eigenvalue weighted by molar-refractivity contribution is -0.0773. The number of aliphatic hydroxyl groups excluding tert-OH is 1. The summed E-state index contributed by atoms with van der Waals surface area (Å²) in [6.07, 6.45) is 6.61. The summed E-state index contributed by atoms with van der Waals surface area (Å²) in [4.78, 5) is 13.2. The second-order valence-electron chi connectivity index (χ2n) is 10.5. The lowest BCUT2D eigenvalue weighted by Gasteiger charge is -2.32. The predicted molar refractivity (Wildman–Crippen MR) is 147 cm³/mol. The van der Waals surface area contributed by atoms with Crippen molar-refractivity contribution in [2.75, 3.05) is 25.1 Å². The van der Waals surface area contributed by atoms with Crippen LogP contribution in [0.25, 0.3) is 32.9 Å². The molecule has 1 aliphatic heterocycles. The van der Waals surface area contributed by atoms with E-state index < -0.39 is 11.4 Å². The molecular formula is C29H29FN6O3. The van der Waals surface area contributed by atoms with Gasteiger partial charge in [0.1, 0.15) is 24.0 Å². The van der Waals surface area contributed by atoms with E-state index in [4.69, 9.17) is 9.47 Å². The molecule has 10 heteroatoms. The van der Waals surface area contributed by atoms with Gasteiger partial charge in [0.05, 0.1) is 53.7 Å². The number of pyridine rings is 1. The van der Waals surface area contributed by atoms with Crippen LogP contribution in [0, 0.1) is 11.7 Å². The van der Waals surface area contributed by atoms with Crippen LogP contribution in [-0.2, 0) is 10.3 Å². The van der Waals surface area contributed by atoms with Gasteiger partial charge in [-0.25, -0.2) is 14.4 Å². The third kappa shape index (κ3) is 4.66. The number of hydrogen-bond donors (Lipinski definition) is 2. The summed E-state index contributed by atoms with van der Waals surface area (Å²) in [5, 5.41) is 18.5. The van der Waals surface area contributed by atoms with Crippen LogP contribution in [0.3, 0.4) is 0 Å². The van der Waals surface area contributed by atoms with E-state index in [1.54, 1.807) is 41.3 Å². The zero-order valence-electron chi connectivity index (χ0n) is 21.9. The maximum Gasteiger partial charge on any atom is 0.156 e. The Balaban J connectivity index is 1.46. The largest absolute Gasteiger partial charge is 0.489 e. The second-order valence-corrected chi connectivity index (χ2v) is 10.5. The van der Waals surface area contributed by atoms with Crippen molar-refractivity contribution in [3.8, 4) is 16.9 Å². The molecular weight excluding hydrogens is 499 g/mol. The van der Waals surface area contributed by atoms with E-state index in [1.807, 2.05) is 39.1 Å². The summed E-state index contributed by atoms with van der Waals surface area (Å²) >= 11 is 0. The van der Waals surface area contributed by atoms with Crippen LogP contribution in [0.4, 0.5) is 15.9 Å². The minimum Gasteiger partial charge on any atom is -0.489 e. The molecule has 3 aromatic heterocycles. The van der Waals surface area contributed by atoms with E-state index in [0.29, 0.717) is 46.6 Å². The van der Waals surface area contributed by atoms with Crippen molar-refractivity contribution in [2.24, 2.45) is 5.92 Å². The molecule has 0 amide bonds. The minimum atomic E-state index is -0.550. The summed E-state index contributed by atoms with van der Waals surface area (Å²) in [6.45, 7) is 7.06. The minimum absolute atomic E-state index is 0.0508. The quantitative estimate of drug-likeness (QED) is 0.288. The number of nitrogens with one attached hydrogen (secondary N) is 1. The summed E-state index contributed by atoms with van der Waals surface area (Å²) in [5.41, 5.74) is 2.63. The van der Waals surface area contributed by atoms with Crippen LogP contribution in [0.5, 0.6) is 5.75 Å². The van der Waals surface area contributed by atoms with Crippen molar-refractivity contribution in [3.63, 3.8) is 0 Å². The fraction of sp³-hybridized carbons (Fsp3) is 0.310. The van der Waals surface area contributed by atoms with Crippen molar-refractivity contribution in [1.29, 1.82) is 0 Å². The standard InChI is InChI=1S/C29H29FN6O3/c1-17(20-13-38-14-20)39-25-10-18(19-11-34-36(12-19)29(2,3)15-37)9-24-26(25)28(33-16-32-24)35-23-7-6-22-21(27(23)30)5-4-8-31-22/h4-12,16-17,20,37H,13-15H2,1-3H3,(H,32,33,35)/t17-/m1/s1. The highest BCUT2D eigenvalue weighted by Crippen LogP contribution is 2.38. The van der Waals surface area contributed by atoms with Gasteiger partial charge >= 0.3 is 0 Å². The Bertz CT molecular complexity index is 1670. The van der Waals surface area contributed by atoms with E-state index >= 15 is 4.39 Å². The predicted octanol–water partition coefficient (Wildman–Crippen LogP) is 5.07. The molecule has 0 spiro atoms. The van der Waals surface area contributed by atoms with Crippen LogP contribution in [0.15, 0.2) is 61.3 Å². The van der Waals surface area contributed by atoms with Gasteiger partial charge in [-0.1, -0.05) is 0 Å². The number of benzene rings is 2. The topological polar surface area (TPSA) is 107 Å². The highest BCUT2D eigenvalue weighted by Gasteiger charge is 2.28. The number of anilines is 2. The van der Waals surface area contributed by atoms with Crippen LogP contribution < -0.4 is 10.1 Å². The van der Waals surface area contributed by atoms with Gasteiger partial charge in [0.2, 0.25) is 0 Å². The normalized spacial score (nSPS) is 14.9. The SMILES string of the molecule is C[C@@H](Oc1cc(-c2cnn(C(C)(C)CO)c2)cc2ncnc(Nc3ccc4ncccc4c3F)c12)C1COC1. The van der Waals surface area contributed by atoms with Gasteiger partial charge in [-0.05, 0) is 62.7 Å². The third-order valence-corrected chi connectivity index (χ3v) is 7.24. The molecule has 4 heterocycles. The maximum absolute atomic E-state index is 15.4. The van der Waals surface area contributed by atoms with E-state index in [2.05, 4.69) is 25.4 Å². The Morgan fingerprint density at radius 2 is 2.00 bits per heavy atom. The molecule has 200 valence electrons. The molecule has 1 aliphatic rings. The van der Waals surface area contributed by atoms with Gasteiger partial charge in [-0.3, -0.25) is 9.67 Å². The summed E-state index contributed by atoms with van der Waals surface area (Å²) in [6, 6.07) is 10.7. The van der Waals surface area contributed by atoms with Crippen molar-refractivity contribution in [3.05, 3.63) is 67.1 Å². The molecule has 1 fully saturated rings. The number of hydrogen-bond acceptors (Lipinski definition) is 8. The molecule has 39 heavy (non-hydrogen) atoms. The van der Waals surface area contributed by atoms with E-state index in [1.165, 1.54) is 6.33 Å². The van der Waals surface area contributed by atoms with Crippen molar-refractivity contribution in [1.82, 2.24) is 24.7 Å². The second kappa shape index (κ2) is 9.87. The molecule has 1 saturated heterocycles. The van der Waals surface area contributed by atoms with Crippen LogP contribution in [0.1, 0.15) is 20.8 Å². The van der Waals surface area contributed by atoms with Crippen LogP contribution in [0.2, 0.25) is 0 Å². The summed E-state index contributed by atoms with van der Waals surface area (Å²) in [5.74, 6) is 0.855. The third-order valence-electron chi connectivity index (χ3n) is 7.24. The number of aromatic nitrogens is 5. The molecule has 0 bridgehead atoms. The number of fused-ring (bicyclic) bond motifs is 2. The number of ether oxygens (including phenoxy) is 2. The first kappa shape index (κ1) is 25.1. The Morgan fingerprint density at radius 1 is 1.15 bits per heavy atom. The molecule has 6 rings (SSSR count). The van der Waals surface area contributed by atoms with Gasteiger partial charge in [-0.2, -0.15) is 5.10 Å². The van der Waals surface area contributed by atoms with Crippen LogP contribution in [-0.4, -0.2) is 55.8 Å². The van der Waals surface area contributed by atoms with Gasteiger partial charge in [0, 0.05) is 29.3 Å². The zero-order chi connectivity index (χ0) is 27.1. The molecule has 9 nitrogen and oxygen atoms in total. The summed E-state index contributed by atoms with van der Waals surface area (Å²) in [7, 11) is 0.